The topological polar surface area (TPSA) is 54.0 Å². The van der Waals surface area contributed by atoms with E-state index in [1.165, 1.54) is 12.2 Å². The highest BCUT2D eigenvalue weighted by molar-refractivity contribution is 7.99. The first-order valence-corrected chi connectivity index (χ1v) is 8.39. The van der Waals surface area contributed by atoms with E-state index < -0.39 is 0 Å². The van der Waals surface area contributed by atoms with Gasteiger partial charge in [-0.2, -0.15) is 11.8 Å². The lowest BCUT2D eigenvalue weighted by Gasteiger charge is -2.22. The van der Waals surface area contributed by atoms with E-state index in [1.54, 1.807) is 0 Å². The minimum atomic E-state index is -0.00222. The monoisotopic (exact) mass is 301 g/mol. The lowest BCUT2D eigenvalue weighted by Crippen LogP contribution is -2.38. The zero-order valence-corrected chi connectivity index (χ0v) is 12.9. The van der Waals surface area contributed by atoms with Gasteiger partial charge in [-0.25, -0.2) is 4.98 Å². The van der Waals surface area contributed by atoms with Gasteiger partial charge in [0, 0.05) is 24.2 Å². The van der Waals surface area contributed by atoms with E-state index >= 15 is 0 Å². The second-order valence-electron chi connectivity index (χ2n) is 5.21. The molecule has 0 saturated carbocycles. The Labute approximate surface area is 128 Å². The number of nitrogens with one attached hydrogen (secondary N) is 2. The maximum absolute atomic E-state index is 12.6. The van der Waals surface area contributed by atoms with Crippen LogP contribution in [-0.2, 0) is 0 Å². The molecular weight excluding hydrogens is 282 g/mol. The maximum Gasteiger partial charge on any atom is 0.252 e. The van der Waals surface area contributed by atoms with Gasteiger partial charge in [-0.1, -0.05) is 18.2 Å². The van der Waals surface area contributed by atoms with Gasteiger partial charge in [-0.05, 0) is 30.7 Å². The summed E-state index contributed by atoms with van der Waals surface area (Å²) in [7, 11) is 1.82. The number of hydrogen-bond donors (Lipinski definition) is 2. The van der Waals surface area contributed by atoms with E-state index in [2.05, 4.69) is 15.6 Å². The van der Waals surface area contributed by atoms with E-state index in [-0.39, 0.29) is 11.9 Å². The number of aromatic nitrogens is 1. The number of thioether (sulfide) groups is 1. The Balaban J connectivity index is 1.92. The van der Waals surface area contributed by atoms with Gasteiger partial charge in [0.15, 0.2) is 0 Å². The summed E-state index contributed by atoms with van der Waals surface area (Å²) in [4.78, 5) is 17.1. The summed E-state index contributed by atoms with van der Waals surface area (Å²) in [6.07, 6.45) is 2.25. The zero-order chi connectivity index (χ0) is 14.7. The Morgan fingerprint density at radius 2 is 2.24 bits per heavy atom. The molecular formula is C16H19N3OS. The minimum Gasteiger partial charge on any atom is -0.373 e. The predicted molar refractivity (Wildman–Crippen MR) is 89.1 cm³/mol. The molecule has 2 N–H and O–H groups in total. The summed E-state index contributed by atoms with van der Waals surface area (Å²) in [6.45, 7) is 0. The van der Waals surface area contributed by atoms with Crippen LogP contribution in [0.25, 0.3) is 10.9 Å². The summed E-state index contributed by atoms with van der Waals surface area (Å²) in [5.41, 5.74) is 1.54. The van der Waals surface area contributed by atoms with E-state index in [4.69, 9.17) is 0 Å². The number of amides is 1. The molecule has 1 aliphatic heterocycles. The molecule has 110 valence electrons. The van der Waals surface area contributed by atoms with Crippen LogP contribution in [0, 0.1) is 0 Å². The average Bonchev–Trinajstić information content (AvgIpc) is 2.54. The number of pyridine rings is 1. The molecule has 0 aliphatic carbocycles. The number of para-hydroxylation sites is 1. The third-order valence-electron chi connectivity index (χ3n) is 3.71. The normalized spacial score (nSPS) is 18.4. The standard InChI is InChI=1S/C16H19N3OS/c1-17-15-9-13(12-6-2-3-7-14(12)19-15)16(20)18-11-5-4-8-21-10-11/h2-3,6-7,9,11H,4-5,8,10H2,1H3,(H,17,19)(H,18,20). The van der Waals surface area contributed by atoms with Crippen molar-refractivity contribution in [2.24, 2.45) is 0 Å². The van der Waals surface area contributed by atoms with Crippen LogP contribution >= 0.6 is 11.8 Å². The van der Waals surface area contributed by atoms with Crippen molar-refractivity contribution in [3.05, 3.63) is 35.9 Å². The van der Waals surface area contributed by atoms with E-state index in [0.29, 0.717) is 5.56 Å². The molecule has 0 bridgehead atoms. The molecule has 0 spiro atoms. The van der Waals surface area contributed by atoms with Gasteiger partial charge < -0.3 is 10.6 Å². The van der Waals surface area contributed by atoms with Crippen LogP contribution in [0.2, 0.25) is 0 Å². The van der Waals surface area contributed by atoms with Gasteiger partial charge in [-0.15, -0.1) is 0 Å². The van der Waals surface area contributed by atoms with Crippen molar-refractivity contribution in [2.45, 2.75) is 18.9 Å². The van der Waals surface area contributed by atoms with Crippen molar-refractivity contribution < 1.29 is 4.79 Å². The number of carbonyl (C=O) groups excluding carboxylic acids is 1. The van der Waals surface area contributed by atoms with Gasteiger partial charge in [0.2, 0.25) is 0 Å². The molecule has 4 nitrogen and oxygen atoms in total. The van der Waals surface area contributed by atoms with Crippen molar-refractivity contribution in [1.82, 2.24) is 10.3 Å². The maximum atomic E-state index is 12.6. The molecule has 5 heteroatoms. The molecule has 1 unspecified atom stereocenters. The Bertz CT molecular complexity index is 653. The lowest BCUT2D eigenvalue weighted by atomic mass is 10.1. The third kappa shape index (κ3) is 3.13. The quantitative estimate of drug-likeness (QED) is 0.915. The number of carbonyl (C=O) groups is 1. The van der Waals surface area contributed by atoms with Crippen LogP contribution in [0.5, 0.6) is 0 Å². The van der Waals surface area contributed by atoms with Gasteiger partial charge in [-0.3, -0.25) is 4.79 Å². The second-order valence-corrected chi connectivity index (χ2v) is 6.36. The zero-order valence-electron chi connectivity index (χ0n) is 12.1. The fourth-order valence-electron chi connectivity index (χ4n) is 2.61. The molecule has 3 rings (SSSR count). The largest absolute Gasteiger partial charge is 0.373 e. The van der Waals surface area contributed by atoms with Crippen molar-refractivity contribution in [2.75, 3.05) is 23.9 Å². The first-order valence-electron chi connectivity index (χ1n) is 7.24. The number of benzene rings is 1. The second kappa shape index (κ2) is 6.35. The van der Waals surface area contributed by atoms with Crippen LogP contribution < -0.4 is 10.6 Å². The summed E-state index contributed by atoms with van der Waals surface area (Å²) >= 11 is 1.91. The van der Waals surface area contributed by atoms with Gasteiger partial charge >= 0.3 is 0 Å². The summed E-state index contributed by atoms with van der Waals surface area (Å²) in [5.74, 6) is 2.93. The number of nitrogens with zero attached hydrogens (tertiary/aromatic N) is 1. The average molecular weight is 301 g/mol. The van der Waals surface area contributed by atoms with Crippen molar-refractivity contribution in [3.63, 3.8) is 0 Å². The van der Waals surface area contributed by atoms with E-state index in [9.17, 15) is 4.79 Å². The number of fused-ring (bicyclic) bond motifs is 1. The highest BCUT2D eigenvalue weighted by Gasteiger charge is 2.19. The Hall–Kier alpha value is -1.75. The smallest absolute Gasteiger partial charge is 0.252 e. The molecule has 1 aliphatic rings. The fourth-order valence-corrected chi connectivity index (χ4v) is 3.68. The SMILES string of the molecule is CNc1cc(C(=O)NC2CCCSC2)c2ccccc2n1. The molecule has 1 saturated heterocycles. The highest BCUT2D eigenvalue weighted by atomic mass is 32.2. The lowest BCUT2D eigenvalue weighted by molar-refractivity contribution is 0.0940. The number of rotatable bonds is 3. The third-order valence-corrected chi connectivity index (χ3v) is 4.93. The Kier molecular flexibility index (Phi) is 4.29. The minimum absolute atomic E-state index is 0.00222. The molecule has 0 radical (unpaired) electrons. The van der Waals surface area contributed by atoms with Gasteiger partial charge in [0.25, 0.3) is 5.91 Å². The first-order chi connectivity index (χ1) is 10.3. The highest BCUT2D eigenvalue weighted by Crippen LogP contribution is 2.22. The van der Waals surface area contributed by atoms with Crippen LogP contribution in [0.1, 0.15) is 23.2 Å². The number of hydrogen-bond acceptors (Lipinski definition) is 4. The molecule has 2 aromatic rings. The Morgan fingerprint density at radius 1 is 1.38 bits per heavy atom. The van der Waals surface area contributed by atoms with Crippen LogP contribution in [0.4, 0.5) is 5.82 Å². The molecule has 1 aromatic heterocycles. The van der Waals surface area contributed by atoms with E-state index in [0.717, 1.165) is 28.9 Å². The first kappa shape index (κ1) is 14.2. The molecule has 1 aromatic carbocycles. The van der Waals surface area contributed by atoms with Gasteiger partial charge in [0.1, 0.15) is 5.82 Å². The van der Waals surface area contributed by atoms with Crippen LogP contribution in [-0.4, -0.2) is 35.5 Å². The van der Waals surface area contributed by atoms with Crippen molar-refractivity contribution >= 4 is 34.4 Å². The molecule has 1 fully saturated rings. The summed E-state index contributed by atoms with van der Waals surface area (Å²) < 4.78 is 0. The molecule has 1 amide bonds. The fraction of sp³-hybridized carbons (Fsp3) is 0.375. The summed E-state index contributed by atoms with van der Waals surface area (Å²) in [5, 5.41) is 7.09. The van der Waals surface area contributed by atoms with Crippen LogP contribution in [0.3, 0.4) is 0 Å². The predicted octanol–water partition coefficient (Wildman–Crippen LogP) is 2.90. The molecule has 1 atom stereocenters. The number of anilines is 1. The molecule has 21 heavy (non-hydrogen) atoms. The van der Waals surface area contributed by atoms with E-state index in [1.807, 2.05) is 49.1 Å². The summed E-state index contributed by atoms with van der Waals surface area (Å²) in [6, 6.07) is 9.87. The molecule has 2 heterocycles. The van der Waals surface area contributed by atoms with Gasteiger partial charge in [0.05, 0.1) is 11.1 Å². The van der Waals surface area contributed by atoms with Crippen LogP contribution in [0.15, 0.2) is 30.3 Å². The van der Waals surface area contributed by atoms with Crippen molar-refractivity contribution in [3.8, 4) is 0 Å². The Morgan fingerprint density at radius 3 is 3.00 bits per heavy atom. The van der Waals surface area contributed by atoms with Crippen molar-refractivity contribution in [1.29, 1.82) is 0 Å².